The molecule has 0 bridgehead atoms. The fraction of sp³-hybridized carbons (Fsp3) is 0.625. The van der Waals surface area contributed by atoms with Crippen molar-refractivity contribution in [2.24, 2.45) is 0 Å². The number of rotatable bonds is 6. The van der Waals surface area contributed by atoms with Crippen LogP contribution >= 0.6 is 0 Å². The fourth-order valence-corrected chi connectivity index (χ4v) is 2.95. The maximum atomic E-state index is 9.83. The molecule has 5 nitrogen and oxygen atoms in total. The van der Waals surface area contributed by atoms with E-state index in [2.05, 4.69) is 34.8 Å². The van der Waals surface area contributed by atoms with Gasteiger partial charge in [-0.1, -0.05) is 13.8 Å². The van der Waals surface area contributed by atoms with Gasteiger partial charge in [-0.2, -0.15) is 10.2 Å². The number of hydrogen-bond acceptors (Lipinski definition) is 3. The minimum atomic E-state index is -0.485. The number of hydrogen-bond donors (Lipinski definition) is 1. The van der Waals surface area contributed by atoms with E-state index < -0.39 is 6.10 Å². The van der Waals surface area contributed by atoms with Crippen LogP contribution in [0.1, 0.15) is 68.4 Å². The third-order valence-electron chi connectivity index (χ3n) is 4.15. The Morgan fingerprint density at radius 2 is 1.86 bits per heavy atom. The molecule has 0 radical (unpaired) electrons. The molecule has 0 saturated carbocycles. The summed E-state index contributed by atoms with van der Waals surface area (Å²) in [4.78, 5) is 0. The van der Waals surface area contributed by atoms with Gasteiger partial charge in [0.25, 0.3) is 0 Å². The molecule has 0 spiro atoms. The van der Waals surface area contributed by atoms with Gasteiger partial charge >= 0.3 is 0 Å². The summed E-state index contributed by atoms with van der Waals surface area (Å²) in [5, 5.41) is 19.0. The molecule has 2 aromatic rings. The zero-order valence-electron chi connectivity index (χ0n) is 13.7. The quantitative estimate of drug-likeness (QED) is 0.889. The third-order valence-corrected chi connectivity index (χ3v) is 4.15. The summed E-state index contributed by atoms with van der Waals surface area (Å²) in [6.45, 7) is 10.7. The van der Waals surface area contributed by atoms with E-state index in [0.29, 0.717) is 12.6 Å². The van der Waals surface area contributed by atoms with Gasteiger partial charge in [0.05, 0.1) is 30.1 Å². The predicted octanol–water partition coefficient (Wildman–Crippen LogP) is 3.16. The zero-order valence-corrected chi connectivity index (χ0v) is 13.7. The van der Waals surface area contributed by atoms with Crippen LogP contribution in [-0.4, -0.2) is 24.7 Å². The molecule has 0 saturated heterocycles. The molecule has 2 heterocycles. The van der Waals surface area contributed by atoms with Crippen LogP contribution in [0.15, 0.2) is 12.3 Å². The second-order valence-electron chi connectivity index (χ2n) is 5.68. The number of aromatic nitrogens is 4. The molecule has 21 heavy (non-hydrogen) atoms. The summed E-state index contributed by atoms with van der Waals surface area (Å²) in [5.41, 5.74) is 3.83. The summed E-state index contributed by atoms with van der Waals surface area (Å²) >= 11 is 0. The highest BCUT2D eigenvalue weighted by Crippen LogP contribution is 2.22. The van der Waals surface area contributed by atoms with Crippen molar-refractivity contribution in [3.8, 4) is 0 Å². The Hall–Kier alpha value is -1.62. The molecule has 0 aromatic carbocycles. The van der Waals surface area contributed by atoms with Gasteiger partial charge in [-0.3, -0.25) is 9.36 Å². The minimum Gasteiger partial charge on any atom is -0.389 e. The molecule has 116 valence electrons. The van der Waals surface area contributed by atoms with Crippen LogP contribution in [0.2, 0.25) is 0 Å². The maximum Gasteiger partial charge on any atom is 0.0853 e. The topological polar surface area (TPSA) is 55.9 Å². The first-order chi connectivity index (χ1) is 9.97. The average Bonchev–Trinajstić information content (AvgIpc) is 2.97. The summed E-state index contributed by atoms with van der Waals surface area (Å²) in [6, 6.07) is 2.52. The average molecular weight is 290 g/mol. The van der Waals surface area contributed by atoms with Crippen LogP contribution in [0.4, 0.5) is 0 Å². The third kappa shape index (κ3) is 3.18. The van der Waals surface area contributed by atoms with Gasteiger partial charge in [-0.25, -0.2) is 0 Å². The van der Waals surface area contributed by atoms with Crippen molar-refractivity contribution in [3.05, 3.63) is 34.9 Å². The molecular weight excluding hydrogens is 264 g/mol. The van der Waals surface area contributed by atoms with Crippen molar-refractivity contribution >= 4 is 0 Å². The summed E-state index contributed by atoms with van der Waals surface area (Å²) in [5.74, 6) is 0. The van der Waals surface area contributed by atoms with E-state index in [-0.39, 0.29) is 0 Å². The molecule has 1 unspecified atom stereocenters. The van der Waals surface area contributed by atoms with Crippen LogP contribution in [0.5, 0.6) is 0 Å². The van der Waals surface area contributed by atoms with Crippen molar-refractivity contribution in [1.29, 1.82) is 0 Å². The molecule has 5 heteroatoms. The lowest BCUT2D eigenvalue weighted by Gasteiger charge is -2.12. The number of nitrogens with zero attached hydrogens (tertiary/aromatic N) is 4. The van der Waals surface area contributed by atoms with E-state index in [4.69, 9.17) is 0 Å². The molecule has 0 aliphatic rings. The van der Waals surface area contributed by atoms with E-state index >= 15 is 0 Å². The molecule has 1 atom stereocenters. The second-order valence-corrected chi connectivity index (χ2v) is 5.68. The van der Waals surface area contributed by atoms with Gasteiger partial charge in [-0.15, -0.1) is 0 Å². The molecule has 0 aliphatic carbocycles. The Balaban J connectivity index is 2.21. The number of aliphatic hydroxyl groups excluding tert-OH is 1. The fourth-order valence-electron chi connectivity index (χ4n) is 2.95. The van der Waals surface area contributed by atoms with Crippen LogP contribution < -0.4 is 0 Å². The summed E-state index contributed by atoms with van der Waals surface area (Å²) in [6.07, 6.45) is 3.74. The van der Waals surface area contributed by atoms with Gasteiger partial charge in [-0.05, 0) is 39.7 Å². The Morgan fingerprint density at radius 1 is 1.19 bits per heavy atom. The van der Waals surface area contributed by atoms with E-state index in [1.165, 1.54) is 0 Å². The van der Waals surface area contributed by atoms with Crippen LogP contribution in [0.3, 0.4) is 0 Å². The zero-order chi connectivity index (χ0) is 15.6. The predicted molar refractivity (Wildman–Crippen MR) is 83.3 cm³/mol. The molecule has 0 fully saturated rings. The normalized spacial score (nSPS) is 13.1. The van der Waals surface area contributed by atoms with Gasteiger partial charge in [0.2, 0.25) is 0 Å². The SMILES string of the molecule is CCC(CC)n1ccc(Cn2nc(C)c(C(C)O)c2C)n1. The van der Waals surface area contributed by atoms with E-state index in [1.807, 2.05) is 24.7 Å². The van der Waals surface area contributed by atoms with Crippen molar-refractivity contribution in [1.82, 2.24) is 19.6 Å². The largest absolute Gasteiger partial charge is 0.389 e. The maximum absolute atomic E-state index is 9.83. The first-order valence-electron chi connectivity index (χ1n) is 7.73. The van der Waals surface area contributed by atoms with E-state index in [1.54, 1.807) is 6.92 Å². The number of aryl methyl sites for hydroxylation is 1. The monoisotopic (exact) mass is 290 g/mol. The van der Waals surface area contributed by atoms with Crippen molar-refractivity contribution in [2.75, 3.05) is 0 Å². The van der Waals surface area contributed by atoms with Crippen molar-refractivity contribution in [2.45, 2.75) is 66.2 Å². The van der Waals surface area contributed by atoms with E-state index in [0.717, 1.165) is 35.5 Å². The lowest BCUT2D eigenvalue weighted by atomic mass is 10.1. The lowest BCUT2D eigenvalue weighted by Crippen LogP contribution is -2.10. The minimum absolute atomic E-state index is 0.465. The van der Waals surface area contributed by atoms with Crippen molar-refractivity contribution in [3.63, 3.8) is 0 Å². The van der Waals surface area contributed by atoms with Gasteiger partial charge in [0.1, 0.15) is 0 Å². The van der Waals surface area contributed by atoms with Crippen LogP contribution in [0, 0.1) is 13.8 Å². The lowest BCUT2D eigenvalue weighted by molar-refractivity contribution is 0.197. The Kier molecular flexibility index (Phi) is 4.83. The van der Waals surface area contributed by atoms with Gasteiger partial charge in [0, 0.05) is 17.5 Å². The Labute approximate surface area is 126 Å². The molecule has 2 rings (SSSR count). The van der Waals surface area contributed by atoms with Gasteiger partial charge < -0.3 is 5.11 Å². The summed E-state index contributed by atoms with van der Waals surface area (Å²) in [7, 11) is 0. The van der Waals surface area contributed by atoms with Crippen LogP contribution in [0.25, 0.3) is 0 Å². The molecule has 0 amide bonds. The van der Waals surface area contributed by atoms with Crippen LogP contribution in [-0.2, 0) is 6.54 Å². The molecule has 2 aromatic heterocycles. The van der Waals surface area contributed by atoms with Crippen molar-refractivity contribution < 1.29 is 5.11 Å². The molecule has 0 aliphatic heterocycles. The van der Waals surface area contributed by atoms with Gasteiger partial charge in [0.15, 0.2) is 0 Å². The van der Waals surface area contributed by atoms with E-state index in [9.17, 15) is 5.11 Å². The highest BCUT2D eigenvalue weighted by molar-refractivity contribution is 5.27. The highest BCUT2D eigenvalue weighted by atomic mass is 16.3. The first kappa shape index (κ1) is 15.8. The smallest absolute Gasteiger partial charge is 0.0853 e. The number of aliphatic hydroxyl groups is 1. The standard InChI is InChI=1S/C16H26N4O/c1-6-15(7-2)19-9-8-14(18-19)10-20-12(4)16(13(5)21)11(3)17-20/h8-9,13,15,21H,6-7,10H2,1-5H3. The Bertz CT molecular complexity index is 593. The molecule has 1 N–H and O–H groups in total. The summed E-state index contributed by atoms with van der Waals surface area (Å²) < 4.78 is 3.98. The molecular formula is C16H26N4O. The highest BCUT2D eigenvalue weighted by Gasteiger charge is 2.16. The first-order valence-corrected chi connectivity index (χ1v) is 7.73. The Morgan fingerprint density at radius 3 is 2.38 bits per heavy atom. The second kappa shape index (κ2) is 6.43.